The van der Waals surface area contributed by atoms with Crippen molar-refractivity contribution in [3.8, 4) is 0 Å². The van der Waals surface area contributed by atoms with Gasteiger partial charge in [-0.05, 0) is 30.6 Å². The standard InChI is InChI=1S/C14H16N2O6/c17-12(18)9-6-8(7-10(15-9)13(19)20)3-5-16-4-1-2-11(16)14(21)22/h3,5-6,10-11H,1-2,4,7H2,(H,17,18)(H,19,20)(H,21,22)/t10-,11-/m0/s1. The Hall–Kier alpha value is -2.64. The zero-order valence-electron chi connectivity index (χ0n) is 11.7. The summed E-state index contributed by atoms with van der Waals surface area (Å²) in [6.45, 7) is 0.600. The molecule has 22 heavy (non-hydrogen) atoms. The summed E-state index contributed by atoms with van der Waals surface area (Å²) >= 11 is 0. The van der Waals surface area contributed by atoms with Gasteiger partial charge in [0.1, 0.15) is 11.8 Å². The first kappa shape index (κ1) is 15.7. The molecule has 0 radical (unpaired) electrons. The average Bonchev–Trinajstić information content (AvgIpc) is 2.93. The number of likely N-dealkylation sites (tertiary alicyclic amines) is 1. The second-order valence-electron chi connectivity index (χ2n) is 5.15. The van der Waals surface area contributed by atoms with Gasteiger partial charge >= 0.3 is 17.9 Å². The van der Waals surface area contributed by atoms with E-state index in [-0.39, 0.29) is 12.1 Å². The van der Waals surface area contributed by atoms with E-state index in [1.54, 1.807) is 17.2 Å². The Kier molecular flexibility index (Phi) is 4.59. The molecular weight excluding hydrogens is 292 g/mol. The van der Waals surface area contributed by atoms with Gasteiger partial charge in [0, 0.05) is 19.2 Å². The third kappa shape index (κ3) is 3.51. The van der Waals surface area contributed by atoms with Gasteiger partial charge in [0.15, 0.2) is 6.04 Å². The smallest absolute Gasteiger partial charge is 0.354 e. The van der Waals surface area contributed by atoms with Crippen LogP contribution in [0.4, 0.5) is 0 Å². The van der Waals surface area contributed by atoms with E-state index in [0.717, 1.165) is 6.42 Å². The highest BCUT2D eigenvalue weighted by Gasteiger charge is 2.28. The largest absolute Gasteiger partial charge is 0.480 e. The van der Waals surface area contributed by atoms with Crippen molar-refractivity contribution < 1.29 is 29.7 Å². The number of carboxylic acid groups (broad SMARTS) is 3. The number of carboxylic acids is 3. The van der Waals surface area contributed by atoms with Gasteiger partial charge in [-0.2, -0.15) is 0 Å². The van der Waals surface area contributed by atoms with Crippen LogP contribution in [0.25, 0.3) is 0 Å². The minimum Gasteiger partial charge on any atom is -0.480 e. The molecule has 1 saturated heterocycles. The van der Waals surface area contributed by atoms with Crippen LogP contribution in [0.5, 0.6) is 0 Å². The highest BCUT2D eigenvalue weighted by Crippen LogP contribution is 2.21. The topological polar surface area (TPSA) is 127 Å². The molecule has 118 valence electrons. The van der Waals surface area contributed by atoms with Crippen LogP contribution in [-0.2, 0) is 14.4 Å². The molecule has 8 nitrogen and oxygen atoms in total. The highest BCUT2D eigenvalue weighted by atomic mass is 16.4. The Labute approximate surface area is 126 Å². The molecule has 3 N–H and O–H groups in total. The normalized spacial score (nSPS) is 25.0. The van der Waals surface area contributed by atoms with Crippen molar-refractivity contribution in [1.82, 2.24) is 4.90 Å². The predicted molar refractivity (Wildman–Crippen MR) is 75.7 cm³/mol. The van der Waals surface area contributed by atoms with Gasteiger partial charge in [0.25, 0.3) is 0 Å². The molecule has 0 aromatic carbocycles. The average molecular weight is 308 g/mol. The number of aliphatic carboxylic acids is 3. The van der Waals surface area contributed by atoms with E-state index in [9.17, 15) is 14.4 Å². The molecule has 0 aromatic rings. The van der Waals surface area contributed by atoms with Crippen LogP contribution in [0.2, 0.25) is 0 Å². The fraction of sp³-hybridized carbons (Fsp3) is 0.429. The van der Waals surface area contributed by atoms with Gasteiger partial charge in [-0.3, -0.25) is 4.99 Å². The van der Waals surface area contributed by atoms with Crippen molar-refractivity contribution in [1.29, 1.82) is 0 Å². The van der Waals surface area contributed by atoms with Crippen molar-refractivity contribution in [3.05, 3.63) is 23.9 Å². The summed E-state index contributed by atoms with van der Waals surface area (Å²) in [7, 11) is 0. The monoisotopic (exact) mass is 308 g/mol. The minimum absolute atomic E-state index is 0.0776. The quantitative estimate of drug-likeness (QED) is 0.669. The Bertz CT molecular complexity index is 592. The zero-order chi connectivity index (χ0) is 16.3. The Morgan fingerprint density at radius 1 is 1.23 bits per heavy atom. The molecule has 0 spiro atoms. The van der Waals surface area contributed by atoms with Crippen LogP contribution < -0.4 is 0 Å². The van der Waals surface area contributed by atoms with Crippen molar-refractivity contribution in [2.45, 2.75) is 31.3 Å². The number of allylic oxidation sites excluding steroid dienone is 1. The second-order valence-corrected chi connectivity index (χ2v) is 5.15. The van der Waals surface area contributed by atoms with Gasteiger partial charge in [0.2, 0.25) is 0 Å². The SMILES string of the molecule is O=C(O)C1=N[C@H](C(=O)O)CC(C=CN2CCC[C@H]2C(=O)O)=C1. The first-order chi connectivity index (χ1) is 10.4. The van der Waals surface area contributed by atoms with Gasteiger partial charge < -0.3 is 20.2 Å². The van der Waals surface area contributed by atoms with E-state index in [1.807, 2.05) is 0 Å². The highest BCUT2D eigenvalue weighted by molar-refractivity contribution is 6.41. The van der Waals surface area contributed by atoms with Gasteiger partial charge in [-0.25, -0.2) is 14.4 Å². The maximum Gasteiger partial charge on any atom is 0.354 e. The molecule has 2 rings (SSSR count). The van der Waals surface area contributed by atoms with Crippen molar-refractivity contribution in [3.63, 3.8) is 0 Å². The summed E-state index contributed by atoms with van der Waals surface area (Å²) < 4.78 is 0. The number of dihydropyridines is 1. The molecule has 0 amide bonds. The van der Waals surface area contributed by atoms with E-state index in [2.05, 4.69) is 4.99 Å². The van der Waals surface area contributed by atoms with E-state index < -0.39 is 30.0 Å². The van der Waals surface area contributed by atoms with E-state index >= 15 is 0 Å². The molecular formula is C14H16N2O6. The minimum atomic E-state index is -1.29. The third-order valence-corrected chi connectivity index (χ3v) is 3.61. The lowest BCUT2D eigenvalue weighted by Crippen LogP contribution is -2.32. The summed E-state index contributed by atoms with van der Waals surface area (Å²) in [6.07, 6.45) is 5.85. The molecule has 2 atom stereocenters. The predicted octanol–water partition coefficient (Wildman–Crippen LogP) is 0.358. The lowest BCUT2D eigenvalue weighted by Gasteiger charge is -2.20. The van der Waals surface area contributed by atoms with Crippen LogP contribution in [0.1, 0.15) is 19.3 Å². The number of hydrogen-bond donors (Lipinski definition) is 3. The number of nitrogens with zero attached hydrogens (tertiary/aromatic N) is 2. The van der Waals surface area contributed by atoms with E-state index in [0.29, 0.717) is 18.5 Å². The Morgan fingerprint density at radius 2 is 1.95 bits per heavy atom. The Morgan fingerprint density at radius 3 is 2.55 bits per heavy atom. The van der Waals surface area contributed by atoms with Crippen LogP contribution in [0.3, 0.4) is 0 Å². The number of carbonyl (C=O) groups is 3. The molecule has 0 unspecified atom stereocenters. The fourth-order valence-electron chi connectivity index (χ4n) is 2.51. The summed E-state index contributed by atoms with van der Waals surface area (Å²) in [4.78, 5) is 38.4. The number of rotatable bonds is 5. The maximum absolute atomic E-state index is 11.1. The van der Waals surface area contributed by atoms with Crippen molar-refractivity contribution in [2.75, 3.05) is 6.54 Å². The van der Waals surface area contributed by atoms with E-state index in [1.165, 1.54) is 6.08 Å². The summed E-state index contributed by atoms with van der Waals surface area (Å²) in [6, 6.07) is -1.73. The first-order valence-electron chi connectivity index (χ1n) is 6.79. The molecule has 2 aliphatic rings. The van der Waals surface area contributed by atoms with Crippen LogP contribution in [0, 0.1) is 0 Å². The van der Waals surface area contributed by atoms with Crippen molar-refractivity contribution >= 4 is 23.6 Å². The second kappa shape index (κ2) is 6.42. The number of hydrogen-bond acceptors (Lipinski definition) is 5. The third-order valence-electron chi connectivity index (χ3n) is 3.61. The lowest BCUT2D eigenvalue weighted by molar-refractivity contribution is -0.141. The molecule has 1 fully saturated rings. The van der Waals surface area contributed by atoms with Crippen LogP contribution in [0.15, 0.2) is 28.9 Å². The molecule has 2 aliphatic heterocycles. The van der Waals surface area contributed by atoms with Gasteiger partial charge in [-0.1, -0.05) is 0 Å². The molecule has 0 bridgehead atoms. The molecule has 2 heterocycles. The summed E-state index contributed by atoms with van der Waals surface area (Å²) in [5.74, 6) is -3.39. The molecule has 0 aliphatic carbocycles. The van der Waals surface area contributed by atoms with Crippen LogP contribution in [-0.4, -0.2) is 62.5 Å². The summed E-state index contributed by atoms with van der Waals surface area (Å²) in [5, 5.41) is 27.1. The first-order valence-corrected chi connectivity index (χ1v) is 6.79. The summed E-state index contributed by atoms with van der Waals surface area (Å²) in [5.41, 5.74) is 0.186. The van der Waals surface area contributed by atoms with Gasteiger partial charge in [0.05, 0.1) is 0 Å². The number of aliphatic imine (C=N–C) groups is 1. The molecule has 0 saturated carbocycles. The fourth-order valence-corrected chi connectivity index (χ4v) is 2.51. The molecule has 0 aromatic heterocycles. The zero-order valence-corrected chi connectivity index (χ0v) is 11.7. The van der Waals surface area contributed by atoms with Crippen LogP contribution >= 0.6 is 0 Å². The molecule has 8 heteroatoms. The van der Waals surface area contributed by atoms with E-state index in [4.69, 9.17) is 15.3 Å². The Balaban J connectivity index is 2.16. The van der Waals surface area contributed by atoms with Crippen molar-refractivity contribution in [2.24, 2.45) is 4.99 Å². The maximum atomic E-state index is 11.1. The lowest BCUT2D eigenvalue weighted by atomic mass is 10.0. The van der Waals surface area contributed by atoms with Gasteiger partial charge in [-0.15, -0.1) is 0 Å².